The van der Waals surface area contributed by atoms with Gasteiger partial charge in [0.05, 0.1) is 4.90 Å². The summed E-state index contributed by atoms with van der Waals surface area (Å²) < 4.78 is 39.1. The van der Waals surface area contributed by atoms with Gasteiger partial charge in [0, 0.05) is 12.6 Å². The van der Waals surface area contributed by atoms with Crippen LogP contribution in [0.4, 0.5) is 4.39 Å². The Morgan fingerprint density at radius 3 is 2.55 bits per heavy atom. The molecule has 0 heterocycles. The number of sulfonamides is 1. The first-order valence-electron chi connectivity index (χ1n) is 6.94. The molecule has 2 aromatic carbocycles. The van der Waals surface area contributed by atoms with Gasteiger partial charge >= 0.3 is 0 Å². The highest BCUT2D eigenvalue weighted by atomic mass is 32.2. The minimum Gasteiger partial charge on any atom is -0.306 e. The predicted molar refractivity (Wildman–Crippen MR) is 84.3 cm³/mol. The SMILES string of the molecule is CNS(=O)(=O)c1cccc([C@H](C)NCc2cccc(F)c2)c1. The molecule has 6 heteroatoms. The van der Waals surface area contributed by atoms with Gasteiger partial charge in [-0.3, -0.25) is 0 Å². The minimum atomic E-state index is -3.45. The van der Waals surface area contributed by atoms with Gasteiger partial charge in [-0.1, -0.05) is 24.3 Å². The Morgan fingerprint density at radius 2 is 1.86 bits per heavy atom. The molecule has 0 saturated carbocycles. The summed E-state index contributed by atoms with van der Waals surface area (Å²) in [5.41, 5.74) is 1.69. The Bertz CT molecular complexity index is 747. The van der Waals surface area contributed by atoms with E-state index in [4.69, 9.17) is 0 Å². The standard InChI is InChI=1S/C16H19FN2O2S/c1-12(19-11-13-5-3-7-15(17)9-13)14-6-4-8-16(10-14)22(20,21)18-2/h3-10,12,18-19H,11H2,1-2H3/t12-/m0/s1. The van der Waals surface area contributed by atoms with Crippen molar-refractivity contribution in [1.82, 2.24) is 10.0 Å². The van der Waals surface area contributed by atoms with Crippen LogP contribution in [-0.4, -0.2) is 15.5 Å². The number of hydrogen-bond donors (Lipinski definition) is 2. The largest absolute Gasteiger partial charge is 0.306 e. The summed E-state index contributed by atoms with van der Waals surface area (Å²) in [5.74, 6) is -0.269. The van der Waals surface area contributed by atoms with Gasteiger partial charge in [0.1, 0.15) is 5.82 Å². The highest BCUT2D eigenvalue weighted by Crippen LogP contribution is 2.18. The van der Waals surface area contributed by atoms with Crippen molar-refractivity contribution in [3.05, 3.63) is 65.5 Å². The van der Waals surface area contributed by atoms with Crippen LogP contribution in [0.3, 0.4) is 0 Å². The third-order valence-electron chi connectivity index (χ3n) is 3.44. The van der Waals surface area contributed by atoms with E-state index in [0.717, 1.165) is 11.1 Å². The third kappa shape index (κ3) is 4.13. The Labute approximate surface area is 130 Å². The zero-order valence-electron chi connectivity index (χ0n) is 12.5. The Hall–Kier alpha value is -1.76. The van der Waals surface area contributed by atoms with Crippen LogP contribution in [0.1, 0.15) is 24.1 Å². The second-order valence-corrected chi connectivity index (χ2v) is 6.90. The molecule has 0 fully saturated rings. The van der Waals surface area contributed by atoms with Gasteiger partial charge in [-0.25, -0.2) is 17.5 Å². The molecule has 0 aliphatic carbocycles. The van der Waals surface area contributed by atoms with Crippen LogP contribution in [0.2, 0.25) is 0 Å². The lowest BCUT2D eigenvalue weighted by molar-refractivity contribution is 0.566. The van der Waals surface area contributed by atoms with Gasteiger partial charge in [-0.2, -0.15) is 0 Å². The Morgan fingerprint density at radius 1 is 1.14 bits per heavy atom. The molecule has 0 bridgehead atoms. The lowest BCUT2D eigenvalue weighted by atomic mass is 10.1. The fourth-order valence-electron chi connectivity index (χ4n) is 2.10. The molecule has 0 aliphatic heterocycles. The second kappa shape index (κ2) is 7.00. The number of benzene rings is 2. The van der Waals surface area contributed by atoms with Crippen LogP contribution in [-0.2, 0) is 16.6 Å². The quantitative estimate of drug-likeness (QED) is 0.859. The van der Waals surface area contributed by atoms with Gasteiger partial charge < -0.3 is 5.32 Å². The van der Waals surface area contributed by atoms with Crippen LogP contribution < -0.4 is 10.0 Å². The Kier molecular flexibility index (Phi) is 5.28. The van der Waals surface area contributed by atoms with Crippen LogP contribution >= 0.6 is 0 Å². The number of hydrogen-bond acceptors (Lipinski definition) is 3. The van der Waals surface area contributed by atoms with Crippen molar-refractivity contribution in [3.8, 4) is 0 Å². The highest BCUT2D eigenvalue weighted by Gasteiger charge is 2.13. The molecule has 0 unspecified atom stereocenters. The van der Waals surface area contributed by atoms with Crippen molar-refractivity contribution in [2.24, 2.45) is 0 Å². The van der Waals surface area contributed by atoms with Crippen molar-refractivity contribution in [2.75, 3.05) is 7.05 Å². The molecule has 0 spiro atoms. The van der Waals surface area contributed by atoms with Crippen molar-refractivity contribution < 1.29 is 12.8 Å². The van der Waals surface area contributed by atoms with Gasteiger partial charge in [-0.05, 0) is 49.4 Å². The summed E-state index contributed by atoms with van der Waals surface area (Å²) in [6.45, 7) is 2.44. The van der Waals surface area contributed by atoms with Crippen molar-refractivity contribution in [2.45, 2.75) is 24.4 Å². The summed E-state index contributed by atoms with van der Waals surface area (Å²) in [6.07, 6.45) is 0. The van der Waals surface area contributed by atoms with E-state index < -0.39 is 10.0 Å². The lowest BCUT2D eigenvalue weighted by Crippen LogP contribution is -2.21. The zero-order chi connectivity index (χ0) is 16.2. The molecule has 118 valence electrons. The smallest absolute Gasteiger partial charge is 0.240 e. The van der Waals surface area contributed by atoms with Crippen LogP contribution in [0, 0.1) is 5.82 Å². The van der Waals surface area contributed by atoms with Crippen LogP contribution in [0.25, 0.3) is 0 Å². The molecule has 1 atom stereocenters. The molecule has 4 nitrogen and oxygen atoms in total. The molecule has 0 aromatic heterocycles. The molecule has 0 amide bonds. The van der Waals surface area contributed by atoms with E-state index in [-0.39, 0.29) is 16.8 Å². The van der Waals surface area contributed by atoms with Crippen LogP contribution in [0.15, 0.2) is 53.4 Å². The number of halogens is 1. The minimum absolute atomic E-state index is 0.0599. The van der Waals surface area contributed by atoms with Gasteiger partial charge in [0.15, 0.2) is 0 Å². The molecule has 0 radical (unpaired) electrons. The Balaban J connectivity index is 2.10. The zero-order valence-corrected chi connectivity index (χ0v) is 13.3. The summed E-state index contributed by atoms with van der Waals surface area (Å²) >= 11 is 0. The highest BCUT2D eigenvalue weighted by molar-refractivity contribution is 7.89. The van der Waals surface area contributed by atoms with E-state index in [1.807, 2.05) is 19.1 Å². The molecule has 2 rings (SSSR count). The lowest BCUT2D eigenvalue weighted by Gasteiger charge is -2.15. The first kappa shape index (κ1) is 16.6. The topological polar surface area (TPSA) is 58.2 Å². The molecule has 2 aromatic rings. The van der Waals surface area contributed by atoms with E-state index in [1.165, 1.54) is 19.2 Å². The maximum absolute atomic E-state index is 13.1. The molecule has 2 N–H and O–H groups in total. The van der Waals surface area contributed by atoms with Crippen molar-refractivity contribution >= 4 is 10.0 Å². The average molecular weight is 322 g/mol. The van der Waals surface area contributed by atoms with Gasteiger partial charge in [0.2, 0.25) is 10.0 Å². The summed E-state index contributed by atoms with van der Waals surface area (Å²) in [7, 11) is -2.07. The summed E-state index contributed by atoms with van der Waals surface area (Å²) in [4.78, 5) is 0.229. The average Bonchev–Trinajstić information content (AvgIpc) is 2.53. The second-order valence-electron chi connectivity index (χ2n) is 5.01. The first-order chi connectivity index (χ1) is 10.4. The monoisotopic (exact) mass is 322 g/mol. The number of nitrogens with one attached hydrogen (secondary N) is 2. The van der Waals surface area contributed by atoms with E-state index in [0.29, 0.717) is 6.54 Å². The van der Waals surface area contributed by atoms with E-state index in [1.54, 1.807) is 24.3 Å². The van der Waals surface area contributed by atoms with Crippen LogP contribution in [0.5, 0.6) is 0 Å². The summed E-state index contributed by atoms with van der Waals surface area (Å²) in [6, 6.07) is 13.1. The van der Waals surface area contributed by atoms with Crippen molar-refractivity contribution in [3.63, 3.8) is 0 Å². The van der Waals surface area contributed by atoms with Gasteiger partial charge in [0.25, 0.3) is 0 Å². The fraction of sp³-hybridized carbons (Fsp3) is 0.250. The fourth-order valence-corrected chi connectivity index (χ4v) is 2.89. The third-order valence-corrected chi connectivity index (χ3v) is 4.85. The molecule has 0 aliphatic rings. The molecule has 0 saturated heterocycles. The normalized spacial score (nSPS) is 13.0. The van der Waals surface area contributed by atoms with Gasteiger partial charge in [-0.15, -0.1) is 0 Å². The number of rotatable bonds is 6. The molecular weight excluding hydrogens is 303 g/mol. The van der Waals surface area contributed by atoms with E-state index in [9.17, 15) is 12.8 Å². The maximum Gasteiger partial charge on any atom is 0.240 e. The summed E-state index contributed by atoms with van der Waals surface area (Å²) in [5, 5.41) is 3.26. The molecular formula is C16H19FN2O2S. The van der Waals surface area contributed by atoms with E-state index >= 15 is 0 Å². The molecule has 22 heavy (non-hydrogen) atoms. The maximum atomic E-state index is 13.1. The predicted octanol–water partition coefficient (Wildman–Crippen LogP) is 2.58. The van der Waals surface area contributed by atoms with E-state index in [2.05, 4.69) is 10.0 Å². The first-order valence-corrected chi connectivity index (χ1v) is 8.42. The van der Waals surface area contributed by atoms with Crippen molar-refractivity contribution in [1.29, 1.82) is 0 Å².